The maximum Gasteiger partial charge on any atom is 0.342 e. The van der Waals surface area contributed by atoms with Crippen LogP contribution in [0.1, 0.15) is 80.8 Å². The molecule has 0 saturated carbocycles. The summed E-state index contributed by atoms with van der Waals surface area (Å²) in [6.07, 6.45) is 6.89. The summed E-state index contributed by atoms with van der Waals surface area (Å²) in [5.41, 5.74) is 3.86. The number of aliphatic hydroxyl groups excluding tert-OH is 1. The molecule has 0 spiro atoms. The lowest BCUT2D eigenvalue weighted by Gasteiger charge is -2.41. The van der Waals surface area contributed by atoms with Gasteiger partial charge in [-0.2, -0.15) is 0 Å². The van der Waals surface area contributed by atoms with E-state index in [9.17, 15) is 9.90 Å². The Morgan fingerprint density at radius 2 is 2.21 bits per heavy atom. The third-order valence-electron chi connectivity index (χ3n) is 6.00. The summed E-state index contributed by atoms with van der Waals surface area (Å²) in [4.78, 5) is 12.2. The number of esters is 1. The normalized spacial score (nSPS) is 23.9. The first-order chi connectivity index (χ1) is 13.3. The number of carbonyl (C=O) groups excluding carboxylic acids is 1. The molecular weight excluding hydrogens is 356 g/mol. The summed E-state index contributed by atoms with van der Waals surface area (Å²) >= 11 is 0. The zero-order valence-corrected chi connectivity index (χ0v) is 17.0. The fraction of sp³-hybridized carbons (Fsp3) is 0.522. The number of carbonyl (C=O) groups is 1. The lowest BCUT2D eigenvalue weighted by atomic mass is 9.75. The first-order valence-corrected chi connectivity index (χ1v) is 10.0. The van der Waals surface area contributed by atoms with E-state index >= 15 is 0 Å². The molecule has 5 heteroatoms. The Kier molecular flexibility index (Phi) is 4.74. The smallest absolute Gasteiger partial charge is 0.342 e. The van der Waals surface area contributed by atoms with Crippen molar-refractivity contribution >= 4 is 16.9 Å². The Balaban J connectivity index is 1.79. The van der Waals surface area contributed by atoms with Crippen molar-refractivity contribution in [2.24, 2.45) is 0 Å². The van der Waals surface area contributed by atoms with E-state index in [1.54, 1.807) is 6.26 Å². The van der Waals surface area contributed by atoms with Gasteiger partial charge in [-0.1, -0.05) is 11.6 Å². The van der Waals surface area contributed by atoms with Gasteiger partial charge in [0.15, 0.2) is 5.58 Å². The highest BCUT2D eigenvalue weighted by Gasteiger charge is 2.44. The van der Waals surface area contributed by atoms with Crippen molar-refractivity contribution in [3.8, 4) is 5.75 Å². The van der Waals surface area contributed by atoms with Gasteiger partial charge in [0, 0.05) is 17.0 Å². The average Bonchev–Trinajstić information content (AvgIpc) is 3.19. The quantitative estimate of drug-likeness (QED) is 0.544. The van der Waals surface area contributed by atoms with Crippen LogP contribution in [0.5, 0.6) is 5.75 Å². The zero-order chi connectivity index (χ0) is 20.1. The maximum atomic E-state index is 12.2. The van der Waals surface area contributed by atoms with Crippen molar-refractivity contribution in [3.05, 3.63) is 40.7 Å². The number of hydrogen-bond acceptors (Lipinski definition) is 5. The number of rotatable bonds is 6. The van der Waals surface area contributed by atoms with Crippen LogP contribution in [0.4, 0.5) is 0 Å². The summed E-state index contributed by atoms with van der Waals surface area (Å²) < 4.78 is 17.7. The van der Waals surface area contributed by atoms with Crippen LogP contribution >= 0.6 is 0 Å². The van der Waals surface area contributed by atoms with Gasteiger partial charge < -0.3 is 19.0 Å². The maximum absolute atomic E-state index is 12.2. The molecule has 0 fully saturated rings. The van der Waals surface area contributed by atoms with E-state index in [0.717, 1.165) is 41.5 Å². The molecule has 2 aliphatic rings. The van der Waals surface area contributed by atoms with Crippen LogP contribution in [0.15, 0.2) is 28.4 Å². The van der Waals surface area contributed by atoms with Gasteiger partial charge in [0.05, 0.1) is 17.8 Å². The Labute approximate surface area is 165 Å². The standard InChI is InChI=1S/C23H28O5/c1-13(2)6-5-9-23(4)17(8-7-14(3)24)16-12-26-21-19-15(11-27-22(19)25)10-18(28-23)20(16)21/h6,10,12,14,17,24H,5,7-9,11H2,1-4H3/t14-,17+,23-/m0/s1. The van der Waals surface area contributed by atoms with Gasteiger partial charge in [-0.05, 0) is 59.4 Å². The number of cyclic esters (lactones) is 1. The predicted molar refractivity (Wildman–Crippen MR) is 107 cm³/mol. The Morgan fingerprint density at radius 3 is 2.93 bits per heavy atom. The molecule has 150 valence electrons. The van der Waals surface area contributed by atoms with Crippen molar-refractivity contribution in [1.29, 1.82) is 0 Å². The van der Waals surface area contributed by atoms with E-state index in [1.807, 2.05) is 13.0 Å². The molecule has 1 aromatic carbocycles. The summed E-state index contributed by atoms with van der Waals surface area (Å²) in [6.45, 7) is 8.42. The van der Waals surface area contributed by atoms with E-state index in [-0.39, 0.29) is 24.6 Å². The van der Waals surface area contributed by atoms with Gasteiger partial charge in [0.25, 0.3) is 0 Å². The number of hydrogen-bond donors (Lipinski definition) is 1. The van der Waals surface area contributed by atoms with E-state index in [4.69, 9.17) is 13.9 Å². The molecule has 0 unspecified atom stereocenters. The van der Waals surface area contributed by atoms with Gasteiger partial charge in [-0.15, -0.1) is 0 Å². The number of allylic oxidation sites excluding steroid dienone is 2. The van der Waals surface area contributed by atoms with Crippen LogP contribution in [-0.2, 0) is 11.3 Å². The fourth-order valence-corrected chi connectivity index (χ4v) is 4.54. The minimum absolute atomic E-state index is 0.0804. The average molecular weight is 384 g/mol. The molecule has 2 aromatic rings. The first-order valence-electron chi connectivity index (χ1n) is 10.0. The lowest BCUT2D eigenvalue weighted by molar-refractivity contribution is 0.0368. The largest absolute Gasteiger partial charge is 0.486 e. The van der Waals surface area contributed by atoms with Crippen molar-refractivity contribution in [2.45, 2.75) is 77.6 Å². The number of fused-ring (bicyclic) bond motifs is 2. The van der Waals surface area contributed by atoms with Gasteiger partial charge in [-0.3, -0.25) is 0 Å². The van der Waals surface area contributed by atoms with Crippen LogP contribution in [-0.4, -0.2) is 22.8 Å². The first kappa shape index (κ1) is 19.1. The topological polar surface area (TPSA) is 68.9 Å². The number of benzene rings is 1. The van der Waals surface area contributed by atoms with Crippen molar-refractivity contribution in [2.75, 3.05) is 0 Å². The molecular formula is C23H28O5. The van der Waals surface area contributed by atoms with Crippen LogP contribution in [0.3, 0.4) is 0 Å². The molecule has 0 radical (unpaired) electrons. The highest BCUT2D eigenvalue weighted by Crippen LogP contribution is 2.51. The minimum atomic E-state index is -0.414. The number of ether oxygens (including phenoxy) is 2. The third kappa shape index (κ3) is 3.12. The van der Waals surface area contributed by atoms with E-state index in [2.05, 4.69) is 26.8 Å². The molecule has 1 aromatic heterocycles. The van der Waals surface area contributed by atoms with E-state index in [1.165, 1.54) is 5.57 Å². The second kappa shape index (κ2) is 6.96. The summed E-state index contributed by atoms with van der Waals surface area (Å²) in [6, 6.07) is 1.94. The lowest BCUT2D eigenvalue weighted by Crippen LogP contribution is -2.41. The SMILES string of the molecule is CC(C)=CCC[C@]1(C)Oc2cc3c(c4occ(c24)[C@H]1CC[C@H](C)O)C(=O)OC3. The van der Waals surface area contributed by atoms with E-state index in [0.29, 0.717) is 17.6 Å². The molecule has 1 N–H and O–H groups in total. The molecule has 5 nitrogen and oxygen atoms in total. The monoisotopic (exact) mass is 384 g/mol. The fourth-order valence-electron chi connectivity index (χ4n) is 4.54. The molecule has 4 rings (SSSR count). The highest BCUT2D eigenvalue weighted by molar-refractivity contribution is 6.08. The van der Waals surface area contributed by atoms with Crippen molar-refractivity contribution < 1.29 is 23.8 Å². The molecule has 3 atom stereocenters. The summed E-state index contributed by atoms with van der Waals surface area (Å²) in [7, 11) is 0. The number of furan rings is 1. The molecule has 28 heavy (non-hydrogen) atoms. The predicted octanol–water partition coefficient (Wildman–Crippen LogP) is 5.25. The molecule has 0 aliphatic carbocycles. The zero-order valence-electron chi connectivity index (χ0n) is 17.0. The van der Waals surface area contributed by atoms with Gasteiger partial charge in [-0.25, -0.2) is 4.79 Å². The second-order valence-electron chi connectivity index (χ2n) is 8.59. The molecule has 0 bridgehead atoms. The minimum Gasteiger partial charge on any atom is -0.486 e. The van der Waals surface area contributed by atoms with Crippen LogP contribution in [0, 0.1) is 0 Å². The molecule has 3 heterocycles. The highest BCUT2D eigenvalue weighted by atomic mass is 16.5. The Bertz CT molecular complexity index is 948. The van der Waals surface area contributed by atoms with Gasteiger partial charge in [0.2, 0.25) is 0 Å². The van der Waals surface area contributed by atoms with Crippen LogP contribution in [0.2, 0.25) is 0 Å². The van der Waals surface area contributed by atoms with Crippen molar-refractivity contribution in [1.82, 2.24) is 0 Å². The molecule has 0 amide bonds. The van der Waals surface area contributed by atoms with Crippen LogP contribution in [0.25, 0.3) is 11.0 Å². The number of aliphatic hydroxyl groups is 1. The van der Waals surface area contributed by atoms with Gasteiger partial charge in [0.1, 0.15) is 23.5 Å². The summed E-state index contributed by atoms with van der Waals surface area (Å²) in [5, 5.41) is 10.8. The molecule has 0 saturated heterocycles. The van der Waals surface area contributed by atoms with Crippen molar-refractivity contribution in [3.63, 3.8) is 0 Å². The van der Waals surface area contributed by atoms with Crippen LogP contribution < -0.4 is 4.74 Å². The summed E-state index contributed by atoms with van der Waals surface area (Å²) in [5.74, 6) is 0.514. The second-order valence-corrected chi connectivity index (χ2v) is 8.59. The van der Waals surface area contributed by atoms with Gasteiger partial charge >= 0.3 is 5.97 Å². The Morgan fingerprint density at radius 1 is 1.43 bits per heavy atom. The van der Waals surface area contributed by atoms with E-state index < -0.39 is 5.60 Å². The molecule has 2 aliphatic heterocycles. The Hall–Kier alpha value is -2.27. The third-order valence-corrected chi connectivity index (χ3v) is 6.00.